The van der Waals surface area contributed by atoms with Crippen LogP contribution in [0.3, 0.4) is 0 Å². The number of nitrogens with one attached hydrogen (secondary N) is 1. The van der Waals surface area contributed by atoms with Gasteiger partial charge >= 0.3 is 0 Å². The van der Waals surface area contributed by atoms with Crippen LogP contribution < -0.4 is 21.9 Å². The molecule has 7 N–H and O–H groups in total. The van der Waals surface area contributed by atoms with Gasteiger partial charge in [0.25, 0.3) is 0 Å². The maximum absolute atomic E-state index is 11.7. The van der Waals surface area contributed by atoms with Gasteiger partial charge < -0.3 is 16.8 Å². The first-order valence-electron chi connectivity index (χ1n) is 5.28. The summed E-state index contributed by atoms with van der Waals surface area (Å²) in [6.07, 6.45) is -0.349. The zero-order valence-corrected chi connectivity index (χ0v) is 11.7. The number of rotatable bonds is 5. The van der Waals surface area contributed by atoms with Crippen LogP contribution in [-0.4, -0.2) is 26.3 Å². The first kappa shape index (κ1) is 16.4. The van der Waals surface area contributed by atoms with Gasteiger partial charge in [-0.3, -0.25) is 9.59 Å². The van der Waals surface area contributed by atoms with Gasteiger partial charge in [0, 0.05) is 0 Å². The van der Waals surface area contributed by atoms with E-state index in [1.807, 2.05) is 0 Å². The summed E-state index contributed by atoms with van der Waals surface area (Å²) in [5.41, 5.74) is 10.4. The van der Waals surface area contributed by atoms with Crippen molar-refractivity contribution in [1.29, 1.82) is 0 Å². The lowest BCUT2D eigenvalue weighted by Gasteiger charge is -2.12. The molecule has 0 radical (unpaired) electrons. The minimum absolute atomic E-state index is 0.0168. The number of amides is 2. The van der Waals surface area contributed by atoms with Crippen molar-refractivity contribution >= 4 is 39.1 Å². The molecular formula is C10H13ClN4O4S. The molecule has 0 aliphatic heterocycles. The number of anilines is 1. The Hall–Kier alpha value is -1.68. The highest BCUT2D eigenvalue weighted by Gasteiger charge is 2.18. The monoisotopic (exact) mass is 320 g/mol. The molecule has 0 bridgehead atoms. The molecule has 0 aromatic heterocycles. The molecule has 1 aromatic rings. The van der Waals surface area contributed by atoms with Gasteiger partial charge in [-0.1, -0.05) is 11.6 Å². The fourth-order valence-electron chi connectivity index (χ4n) is 1.31. The highest BCUT2D eigenvalue weighted by molar-refractivity contribution is 7.89. The predicted molar refractivity (Wildman–Crippen MR) is 73.2 cm³/mol. The van der Waals surface area contributed by atoms with Crippen LogP contribution in [0.15, 0.2) is 23.1 Å². The molecule has 2 amide bonds. The average molecular weight is 321 g/mol. The van der Waals surface area contributed by atoms with E-state index in [0.29, 0.717) is 0 Å². The average Bonchev–Trinajstić information content (AvgIpc) is 2.29. The minimum Gasteiger partial charge on any atom is -0.370 e. The Labute approximate surface area is 120 Å². The Balaban J connectivity index is 2.98. The molecule has 0 fully saturated rings. The zero-order valence-electron chi connectivity index (χ0n) is 10.2. The van der Waals surface area contributed by atoms with Crippen molar-refractivity contribution < 1.29 is 18.0 Å². The number of hydrogen-bond donors (Lipinski definition) is 4. The van der Waals surface area contributed by atoms with Crippen LogP contribution in [-0.2, 0) is 19.6 Å². The van der Waals surface area contributed by atoms with E-state index in [4.69, 9.17) is 28.2 Å². The number of hydrogen-bond acceptors (Lipinski definition) is 5. The number of primary amides is 1. The summed E-state index contributed by atoms with van der Waals surface area (Å²) < 4.78 is 22.4. The van der Waals surface area contributed by atoms with Crippen molar-refractivity contribution in [3.05, 3.63) is 23.2 Å². The Morgan fingerprint density at radius 2 is 1.95 bits per heavy atom. The Morgan fingerprint density at radius 1 is 1.35 bits per heavy atom. The van der Waals surface area contributed by atoms with Crippen LogP contribution >= 0.6 is 11.6 Å². The summed E-state index contributed by atoms with van der Waals surface area (Å²) in [5.74, 6) is -1.46. The fraction of sp³-hybridized carbons (Fsp3) is 0.200. The van der Waals surface area contributed by atoms with E-state index in [0.717, 1.165) is 6.07 Å². The molecule has 1 rings (SSSR count). The number of primary sulfonamides is 1. The molecule has 8 nitrogen and oxygen atoms in total. The summed E-state index contributed by atoms with van der Waals surface area (Å²) >= 11 is 5.82. The molecule has 0 heterocycles. The molecule has 0 aliphatic carbocycles. The smallest absolute Gasteiger partial charge is 0.241 e. The number of nitrogens with two attached hydrogens (primary N) is 3. The first-order chi connectivity index (χ1) is 9.11. The van der Waals surface area contributed by atoms with Crippen molar-refractivity contribution in [2.75, 3.05) is 5.32 Å². The number of carbonyl (C=O) groups excluding carboxylic acids is 2. The van der Waals surface area contributed by atoms with Gasteiger partial charge in [-0.2, -0.15) is 0 Å². The molecule has 0 saturated carbocycles. The van der Waals surface area contributed by atoms with Crippen LogP contribution in [0.5, 0.6) is 0 Å². The molecular weight excluding hydrogens is 308 g/mol. The van der Waals surface area contributed by atoms with Gasteiger partial charge in [-0.25, -0.2) is 13.6 Å². The lowest BCUT2D eigenvalue weighted by atomic mass is 10.2. The van der Waals surface area contributed by atoms with Gasteiger partial charge in [0.05, 0.1) is 28.1 Å². The highest BCUT2D eigenvalue weighted by Crippen LogP contribution is 2.24. The van der Waals surface area contributed by atoms with Crippen LogP contribution in [0.1, 0.15) is 6.42 Å². The second-order valence-corrected chi connectivity index (χ2v) is 5.92. The number of carbonyl (C=O) groups is 2. The normalized spacial score (nSPS) is 12.8. The quantitative estimate of drug-likeness (QED) is 0.554. The molecule has 0 aliphatic rings. The van der Waals surface area contributed by atoms with Crippen molar-refractivity contribution in [3.8, 4) is 0 Å². The Bertz CT molecular complexity index is 647. The van der Waals surface area contributed by atoms with Gasteiger partial charge in [0.15, 0.2) is 0 Å². The van der Waals surface area contributed by atoms with Crippen LogP contribution in [0, 0.1) is 0 Å². The maximum Gasteiger partial charge on any atom is 0.241 e. The summed E-state index contributed by atoms with van der Waals surface area (Å²) in [6.45, 7) is 0. The predicted octanol–water partition coefficient (Wildman–Crippen LogP) is -0.871. The first-order valence-corrected chi connectivity index (χ1v) is 7.21. The van der Waals surface area contributed by atoms with Gasteiger partial charge in [-0.05, 0) is 18.2 Å². The van der Waals surface area contributed by atoms with Crippen molar-refractivity contribution in [2.24, 2.45) is 16.6 Å². The standard InChI is InChI=1S/C10H13ClN4O4S/c11-6-2-1-5(20(14,18)19)3-8(6)15-10(17)7(12)4-9(13)16/h1-3,7H,4,12H2,(H2,13,16)(H,15,17)(H2,14,18,19). The molecule has 1 atom stereocenters. The third-order valence-corrected chi connectivity index (χ3v) is 3.52. The summed E-state index contributed by atoms with van der Waals surface area (Å²) in [5, 5.41) is 7.36. The van der Waals surface area contributed by atoms with E-state index in [9.17, 15) is 18.0 Å². The lowest BCUT2D eigenvalue weighted by molar-refractivity contribution is -0.123. The number of benzene rings is 1. The van der Waals surface area contributed by atoms with Gasteiger partial charge in [0.1, 0.15) is 0 Å². The summed E-state index contributed by atoms with van der Waals surface area (Å²) in [7, 11) is -3.93. The second-order valence-electron chi connectivity index (χ2n) is 3.95. The molecule has 110 valence electrons. The molecule has 10 heteroatoms. The van der Waals surface area contributed by atoms with E-state index in [1.165, 1.54) is 12.1 Å². The van der Waals surface area contributed by atoms with Crippen LogP contribution in [0.25, 0.3) is 0 Å². The largest absolute Gasteiger partial charge is 0.370 e. The van der Waals surface area contributed by atoms with Gasteiger partial charge in [0.2, 0.25) is 21.8 Å². The molecule has 0 spiro atoms. The number of halogens is 1. The minimum atomic E-state index is -3.93. The molecule has 0 saturated heterocycles. The SMILES string of the molecule is NC(=O)CC(N)C(=O)Nc1cc(S(N)(=O)=O)ccc1Cl. The van der Waals surface area contributed by atoms with Crippen LogP contribution in [0.2, 0.25) is 5.02 Å². The van der Waals surface area contributed by atoms with E-state index in [2.05, 4.69) is 5.32 Å². The summed E-state index contributed by atoms with van der Waals surface area (Å²) in [6, 6.07) is 2.38. The fourth-order valence-corrected chi connectivity index (χ4v) is 2.02. The van der Waals surface area contributed by atoms with Crippen molar-refractivity contribution in [3.63, 3.8) is 0 Å². The number of sulfonamides is 1. The topological polar surface area (TPSA) is 158 Å². The van der Waals surface area contributed by atoms with Crippen molar-refractivity contribution in [2.45, 2.75) is 17.4 Å². The molecule has 1 aromatic carbocycles. The van der Waals surface area contributed by atoms with E-state index in [-0.39, 0.29) is 22.0 Å². The van der Waals surface area contributed by atoms with E-state index < -0.39 is 27.9 Å². The third-order valence-electron chi connectivity index (χ3n) is 2.28. The van der Waals surface area contributed by atoms with E-state index in [1.54, 1.807) is 0 Å². The second kappa shape index (κ2) is 6.18. The maximum atomic E-state index is 11.7. The molecule has 20 heavy (non-hydrogen) atoms. The van der Waals surface area contributed by atoms with Crippen LogP contribution in [0.4, 0.5) is 5.69 Å². The van der Waals surface area contributed by atoms with Crippen molar-refractivity contribution in [1.82, 2.24) is 0 Å². The molecule has 1 unspecified atom stereocenters. The highest BCUT2D eigenvalue weighted by atomic mass is 35.5. The third kappa shape index (κ3) is 4.46. The summed E-state index contributed by atoms with van der Waals surface area (Å²) in [4.78, 5) is 22.1. The lowest BCUT2D eigenvalue weighted by Crippen LogP contribution is -2.39. The van der Waals surface area contributed by atoms with E-state index >= 15 is 0 Å². The van der Waals surface area contributed by atoms with Gasteiger partial charge in [-0.15, -0.1) is 0 Å². The zero-order chi connectivity index (χ0) is 15.5. The Morgan fingerprint density at radius 3 is 2.45 bits per heavy atom. The Kier molecular flexibility index (Phi) is 5.06.